The highest BCUT2D eigenvalue weighted by molar-refractivity contribution is 8.25. The maximum absolute atomic E-state index is 13.1. The topological polar surface area (TPSA) is 96.3 Å². The number of rotatable bonds is 6. The standard InChI is InChI=1S/C20H25NO6S2/c22-28(23)15-20(18-3-1-2-4-19(18)28)29(24,25)17-7-5-16(6-8-17)27-14-11-21-9-12-26-13-10-21/h1-8,20,22-23H,9-15H2. The van der Waals surface area contributed by atoms with Crippen LogP contribution in [0.25, 0.3) is 0 Å². The molecule has 1 atom stereocenters. The first-order valence-corrected chi connectivity index (χ1v) is 12.8. The minimum atomic E-state index is -3.75. The van der Waals surface area contributed by atoms with Gasteiger partial charge >= 0.3 is 0 Å². The lowest BCUT2D eigenvalue weighted by Gasteiger charge is -2.27. The van der Waals surface area contributed by atoms with E-state index in [-0.39, 0.29) is 10.6 Å². The molecule has 0 bridgehead atoms. The molecule has 0 saturated carbocycles. The fraction of sp³-hybridized carbons (Fsp3) is 0.400. The van der Waals surface area contributed by atoms with Crippen LogP contribution >= 0.6 is 10.6 Å². The molecule has 2 aliphatic heterocycles. The third kappa shape index (κ3) is 4.30. The summed E-state index contributed by atoms with van der Waals surface area (Å²) in [4.78, 5) is 2.74. The van der Waals surface area contributed by atoms with Crippen LogP contribution in [0.2, 0.25) is 0 Å². The minimum absolute atomic E-state index is 0.148. The first-order valence-electron chi connectivity index (χ1n) is 9.50. The second-order valence-electron chi connectivity index (χ2n) is 7.18. The Morgan fingerprint density at radius 2 is 1.76 bits per heavy atom. The van der Waals surface area contributed by atoms with Gasteiger partial charge in [-0.05, 0) is 35.9 Å². The van der Waals surface area contributed by atoms with Crippen LogP contribution in [0.1, 0.15) is 10.8 Å². The van der Waals surface area contributed by atoms with E-state index in [1.807, 2.05) is 0 Å². The highest BCUT2D eigenvalue weighted by Crippen LogP contribution is 2.61. The lowest BCUT2D eigenvalue weighted by atomic mass is 10.2. The van der Waals surface area contributed by atoms with Gasteiger partial charge in [0.15, 0.2) is 9.84 Å². The van der Waals surface area contributed by atoms with Crippen molar-refractivity contribution >= 4 is 20.4 Å². The predicted octanol–water partition coefficient (Wildman–Crippen LogP) is 3.04. The second-order valence-corrected chi connectivity index (χ2v) is 11.4. The first kappa shape index (κ1) is 20.6. The molecule has 2 N–H and O–H groups in total. The van der Waals surface area contributed by atoms with Crippen LogP contribution in [0, 0.1) is 0 Å². The summed E-state index contributed by atoms with van der Waals surface area (Å²) in [6, 6.07) is 13.0. The first-order chi connectivity index (χ1) is 13.9. The van der Waals surface area contributed by atoms with Gasteiger partial charge in [-0.15, -0.1) is 0 Å². The molecule has 2 heterocycles. The summed E-state index contributed by atoms with van der Waals surface area (Å²) in [5.41, 5.74) is 0.471. The molecule has 0 amide bonds. The number of fused-ring (bicyclic) bond motifs is 1. The van der Waals surface area contributed by atoms with Gasteiger partial charge in [-0.2, -0.15) is 10.6 Å². The lowest BCUT2D eigenvalue weighted by Crippen LogP contribution is -2.38. The molecular formula is C20H25NO6S2. The molecule has 0 radical (unpaired) electrons. The Morgan fingerprint density at radius 1 is 1.07 bits per heavy atom. The molecule has 1 unspecified atom stereocenters. The SMILES string of the molecule is O=S(=O)(c1ccc(OCCN2CCOCC2)cc1)C1CS(O)(O)c2ccccc21. The predicted molar refractivity (Wildman–Crippen MR) is 112 cm³/mol. The van der Waals surface area contributed by atoms with Gasteiger partial charge in [0.05, 0.1) is 28.8 Å². The largest absolute Gasteiger partial charge is 0.492 e. The van der Waals surface area contributed by atoms with Crippen LogP contribution < -0.4 is 4.74 Å². The zero-order valence-corrected chi connectivity index (χ0v) is 17.6. The smallest absolute Gasteiger partial charge is 0.187 e. The Balaban J connectivity index is 1.44. The molecule has 2 aromatic rings. The van der Waals surface area contributed by atoms with Crippen LogP contribution in [0.5, 0.6) is 5.75 Å². The van der Waals surface area contributed by atoms with Gasteiger partial charge in [0.25, 0.3) is 0 Å². The monoisotopic (exact) mass is 439 g/mol. The Labute approximate surface area is 172 Å². The second kappa shape index (κ2) is 8.25. The summed E-state index contributed by atoms with van der Waals surface area (Å²) < 4.78 is 58.0. The Hall–Kier alpha value is -1.62. The zero-order valence-electron chi connectivity index (χ0n) is 15.9. The van der Waals surface area contributed by atoms with Crippen molar-refractivity contribution in [2.75, 3.05) is 45.2 Å². The quantitative estimate of drug-likeness (QED) is 0.714. The van der Waals surface area contributed by atoms with E-state index in [9.17, 15) is 17.5 Å². The van der Waals surface area contributed by atoms with Crippen molar-refractivity contribution in [1.29, 1.82) is 0 Å². The summed E-state index contributed by atoms with van der Waals surface area (Å²) in [5.74, 6) is 0.403. The molecule has 0 aromatic heterocycles. The van der Waals surface area contributed by atoms with Crippen molar-refractivity contribution < 1.29 is 27.0 Å². The number of ether oxygens (including phenoxy) is 2. The Morgan fingerprint density at radius 3 is 2.48 bits per heavy atom. The van der Waals surface area contributed by atoms with Crippen molar-refractivity contribution in [3.8, 4) is 5.75 Å². The maximum Gasteiger partial charge on any atom is 0.187 e. The van der Waals surface area contributed by atoms with Gasteiger partial charge in [-0.1, -0.05) is 18.2 Å². The van der Waals surface area contributed by atoms with Crippen molar-refractivity contribution in [1.82, 2.24) is 4.90 Å². The number of hydrogen-bond donors (Lipinski definition) is 2. The molecule has 0 aliphatic carbocycles. The Bertz CT molecular complexity index is 955. The normalized spacial score (nSPS) is 22.8. The molecule has 0 spiro atoms. The van der Waals surface area contributed by atoms with Gasteiger partial charge in [-0.25, -0.2) is 8.42 Å². The molecular weight excluding hydrogens is 414 g/mol. The van der Waals surface area contributed by atoms with E-state index in [1.165, 1.54) is 12.1 Å². The van der Waals surface area contributed by atoms with E-state index in [4.69, 9.17) is 9.47 Å². The van der Waals surface area contributed by atoms with Gasteiger partial charge < -0.3 is 9.47 Å². The summed E-state index contributed by atoms with van der Waals surface area (Å²) in [6.07, 6.45) is 0. The number of morpholine rings is 1. The van der Waals surface area contributed by atoms with Gasteiger partial charge in [-0.3, -0.25) is 14.0 Å². The molecule has 1 fully saturated rings. The number of sulfone groups is 1. The molecule has 2 aliphatic rings. The molecule has 9 heteroatoms. The van der Waals surface area contributed by atoms with Crippen molar-refractivity contribution in [3.05, 3.63) is 54.1 Å². The van der Waals surface area contributed by atoms with E-state index in [0.717, 1.165) is 32.8 Å². The highest BCUT2D eigenvalue weighted by atomic mass is 32.3. The van der Waals surface area contributed by atoms with E-state index in [1.54, 1.807) is 36.4 Å². The van der Waals surface area contributed by atoms with E-state index < -0.39 is 25.7 Å². The van der Waals surface area contributed by atoms with E-state index in [0.29, 0.717) is 22.8 Å². The summed E-state index contributed by atoms with van der Waals surface area (Å²) in [5, 5.41) is -0.961. The van der Waals surface area contributed by atoms with Gasteiger partial charge in [0.2, 0.25) is 0 Å². The average Bonchev–Trinajstić information content (AvgIpc) is 3.01. The fourth-order valence-corrected chi connectivity index (χ4v) is 8.11. The third-order valence-corrected chi connectivity index (χ3v) is 9.49. The van der Waals surface area contributed by atoms with Crippen LogP contribution in [-0.4, -0.2) is 67.6 Å². The van der Waals surface area contributed by atoms with Crippen LogP contribution in [0.15, 0.2) is 58.3 Å². The van der Waals surface area contributed by atoms with Crippen LogP contribution in [0.3, 0.4) is 0 Å². The molecule has 29 heavy (non-hydrogen) atoms. The summed E-state index contributed by atoms with van der Waals surface area (Å²) in [7, 11) is -6.85. The third-order valence-electron chi connectivity index (χ3n) is 5.31. The van der Waals surface area contributed by atoms with Crippen molar-refractivity contribution in [3.63, 3.8) is 0 Å². The Kier molecular flexibility index (Phi) is 5.87. The molecule has 1 saturated heterocycles. The summed E-state index contributed by atoms with van der Waals surface area (Å²) in [6.45, 7) is 4.57. The molecule has 4 rings (SSSR count). The van der Waals surface area contributed by atoms with Gasteiger partial charge in [0, 0.05) is 19.6 Å². The average molecular weight is 440 g/mol. The summed E-state index contributed by atoms with van der Waals surface area (Å²) >= 11 is 0. The van der Waals surface area contributed by atoms with Crippen molar-refractivity contribution in [2.24, 2.45) is 0 Å². The van der Waals surface area contributed by atoms with Crippen LogP contribution in [0.4, 0.5) is 0 Å². The van der Waals surface area contributed by atoms with Gasteiger partial charge in [0.1, 0.15) is 17.6 Å². The zero-order chi connectivity index (χ0) is 20.5. The lowest BCUT2D eigenvalue weighted by molar-refractivity contribution is 0.0322. The maximum atomic E-state index is 13.1. The van der Waals surface area contributed by atoms with E-state index in [2.05, 4.69) is 4.90 Å². The molecule has 158 valence electrons. The number of hydrogen-bond acceptors (Lipinski definition) is 7. The number of benzene rings is 2. The highest BCUT2D eigenvalue weighted by Gasteiger charge is 2.42. The van der Waals surface area contributed by atoms with E-state index >= 15 is 0 Å². The van der Waals surface area contributed by atoms with Crippen molar-refractivity contribution in [2.45, 2.75) is 15.0 Å². The molecule has 7 nitrogen and oxygen atoms in total. The minimum Gasteiger partial charge on any atom is -0.492 e. The fourth-order valence-electron chi connectivity index (χ4n) is 3.70. The van der Waals surface area contributed by atoms with Crippen LogP contribution in [-0.2, 0) is 14.6 Å². The molecule has 2 aromatic carbocycles. The number of nitrogens with zero attached hydrogens (tertiary/aromatic N) is 1.